The van der Waals surface area contributed by atoms with E-state index < -0.39 is 10.8 Å². The molecule has 3 nitrogen and oxygen atoms in total. The third kappa shape index (κ3) is 3.25. The first-order chi connectivity index (χ1) is 9.33. The maximum atomic E-state index is 12.3. The Bertz CT molecular complexity index is 466. The summed E-state index contributed by atoms with van der Waals surface area (Å²) in [5.41, 5.74) is 2.82. The van der Waals surface area contributed by atoms with Crippen molar-refractivity contribution in [3.05, 3.63) is 29.3 Å². The molecule has 19 heavy (non-hydrogen) atoms. The molecule has 1 aliphatic carbocycles. The molecule has 0 radical (unpaired) electrons. The zero-order valence-corrected chi connectivity index (χ0v) is 11.9. The first kappa shape index (κ1) is 13.3. The monoisotopic (exact) mass is 280 g/mol. The Morgan fingerprint density at radius 2 is 1.89 bits per heavy atom. The van der Waals surface area contributed by atoms with Crippen molar-refractivity contribution >= 4 is 10.8 Å². The summed E-state index contributed by atoms with van der Waals surface area (Å²) in [6, 6.07) is 6.28. The molecule has 3 rings (SSSR count). The van der Waals surface area contributed by atoms with Crippen LogP contribution in [0.4, 0.5) is 0 Å². The van der Waals surface area contributed by atoms with Crippen LogP contribution < -0.4 is 0 Å². The van der Waals surface area contributed by atoms with Gasteiger partial charge in [0.25, 0.3) is 0 Å². The van der Waals surface area contributed by atoms with Crippen molar-refractivity contribution < 1.29 is 13.7 Å². The van der Waals surface area contributed by atoms with E-state index in [0.717, 1.165) is 31.0 Å². The Morgan fingerprint density at radius 1 is 1.11 bits per heavy atom. The van der Waals surface area contributed by atoms with Crippen LogP contribution in [0.25, 0.3) is 0 Å². The lowest BCUT2D eigenvalue weighted by Gasteiger charge is -2.22. The highest BCUT2D eigenvalue weighted by Gasteiger charge is 2.17. The number of fused-ring (bicyclic) bond motifs is 1. The molecule has 0 N–H and O–H groups in total. The summed E-state index contributed by atoms with van der Waals surface area (Å²) in [5, 5.41) is 0. The Hall–Kier alpha value is -0.710. The molecule has 1 heterocycles. The fraction of sp³-hybridized carbons (Fsp3) is 0.600. The second-order valence-corrected chi connectivity index (χ2v) is 6.72. The van der Waals surface area contributed by atoms with Crippen LogP contribution in [0.1, 0.15) is 30.4 Å². The lowest BCUT2D eigenvalue weighted by Crippen LogP contribution is -2.26. The van der Waals surface area contributed by atoms with E-state index in [2.05, 4.69) is 12.1 Å². The van der Waals surface area contributed by atoms with E-state index in [1.54, 1.807) is 0 Å². The smallest absolute Gasteiger partial charge is 0.158 e. The van der Waals surface area contributed by atoms with Crippen LogP contribution in [0.2, 0.25) is 0 Å². The number of rotatable bonds is 4. The van der Waals surface area contributed by atoms with E-state index in [1.807, 2.05) is 6.07 Å². The maximum Gasteiger partial charge on any atom is 0.158 e. The average molecular weight is 280 g/mol. The van der Waals surface area contributed by atoms with Gasteiger partial charge in [0, 0.05) is 17.1 Å². The Labute approximate surface area is 116 Å². The molecule has 0 bridgehead atoms. The molecule has 0 aromatic heterocycles. The molecule has 0 spiro atoms. The van der Waals surface area contributed by atoms with E-state index in [-0.39, 0.29) is 6.29 Å². The zero-order valence-electron chi connectivity index (χ0n) is 11.1. The van der Waals surface area contributed by atoms with Gasteiger partial charge < -0.3 is 9.47 Å². The fourth-order valence-electron chi connectivity index (χ4n) is 2.71. The van der Waals surface area contributed by atoms with Gasteiger partial charge in [0.05, 0.1) is 24.0 Å². The summed E-state index contributed by atoms with van der Waals surface area (Å²) in [6.07, 6.45) is 5.05. The highest BCUT2D eigenvalue weighted by atomic mass is 32.2. The summed E-state index contributed by atoms with van der Waals surface area (Å²) in [5.74, 6) is 0.615. The molecule has 0 saturated carbocycles. The summed E-state index contributed by atoms with van der Waals surface area (Å²) in [6.45, 7) is 1.52. The molecular weight excluding hydrogens is 260 g/mol. The summed E-state index contributed by atoms with van der Waals surface area (Å²) in [4.78, 5) is 0.955. The Morgan fingerprint density at radius 3 is 2.74 bits per heavy atom. The van der Waals surface area contributed by atoms with E-state index in [4.69, 9.17) is 9.47 Å². The van der Waals surface area contributed by atoms with Crippen molar-refractivity contribution in [2.24, 2.45) is 0 Å². The van der Waals surface area contributed by atoms with Crippen LogP contribution in [0, 0.1) is 0 Å². The van der Waals surface area contributed by atoms with Gasteiger partial charge in [-0.1, -0.05) is 6.07 Å². The average Bonchev–Trinajstić information content (AvgIpc) is 2.93. The first-order valence-corrected chi connectivity index (χ1v) is 8.38. The van der Waals surface area contributed by atoms with Crippen LogP contribution in [-0.4, -0.2) is 29.5 Å². The SMILES string of the molecule is O=S(CCC1OCCCO1)c1ccc2c(c1)CCC2. The van der Waals surface area contributed by atoms with Gasteiger partial charge in [-0.15, -0.1) is 0 Å². The predicted octanol–water partition coefficient (Wildman–Crippen LogP) is 2.44. The standard InChI is InChI=1S/C15H20O3S/c16-19(10-7-15-17-8-2-9-18-15)14-6-5-12-3-1-4-13(12)11-14/h5-6,11,15H,1-4,7-10H2. The van der Waals surface area contributed by atoms with Gasteiger partial charge in [-0.05, 0) is 48.9 Å². The second-order valence-electron chi connectivity index (χ2n) is 5.15. The molecule has 104 valence electrons. The fourth-order valence-corrected chi connectivity index (χ4v) is 3.85. The highest BCUT2D eigenvalue weighted by Crippen LogP contribution is 2.24. The van der Waals surface area contributed by atoms with Gasteiger partial charge in [-0.25, -0.2) is 0 Å². The minimum atomic E-state index is -0.937. The Balaban J connectivity index is 1.57. The highest BCUT2D eigenvalue weighted by molar-refractivity contribution is 7.85. The molecule has 1 aliphatic heterocycles. The molecule has 1 saturated heterocycles. The third-order valence-electron chi connectivity index (χ3n) is 3.77. The molecule has 1 aromatic carbocycles. The van der Waals surface area contributed by atoms with Crippen LogP contribution in [0.3, 0.4) is 0 Å². The number of ether oxygens (including phenoxy) is 2. The van der Waals surface area contributed by atoms with Crippen LogP contribution in [-0.2, 0) is 33.1 Å². The largest absolute Gasteiger partial charge is 0.353 e. The van der Waals surface area contributed by atoms with Crippen molar-refractivity contribution in [3.8, 4) is 0 Å². The zero-order chi connectivity index (χ0) is 13.1. The van der Waals surface area contributed by atoms with Gasteiger partial charge >= 0.3 is 0 Å². The van der Waals surface area contributed by atoms with Gasteiger partial charge in [0.1, 0.15) is 0 Å². The van der Waals surface area contributed by atoms with Crippen LogP contribution >= 0.6 is 0 Å². The van der Waals surface area contributed by atoms with Gasteiger partial charge in [0.15, 0.2) is 6.29 Å². The van der Waals surface area contributed by atoms with Crippen LogP contribution in [0.5, 0.6) is 0 Å². The van der Waals surface area contributed by atoms with E-state index in [1.165, 1.54) is 24.0 Å². The molecule has 1 atom stereocenters. The molecule has 0 amide bonds. The third-order valence-corrected chi connectivity index (χ3v) is 5.15. The number of hydrogen-bond acceptors (Lipinski definition) is 3. The molecule has 1 unspecified atom stereocenters. The van der Waals surface area contributed by atoms with Crippen molar-refractivity contribution in [2.75, 3.05) is 19.0 Å². The number of aryl methyl sites for hydroxylation is 2. The minimum Gasteiger partial charge on any atom is -0.353 e. The molecule has 2 aliphatic rings. The van der Waals surface area contributed by atoms with E-state index in [0.29, 0.717) is 12.2 Å². The lowest BCUT2D eigenvalue weighted by atomic mass is 10.1. The van der Waals surface area contributed by atoms with Gasteiger partial charge in [-0.2, -0.15) is 0 Å². The predicted molar refractivity (Wildman–Crippen MR) is 74.7 cm³/mol. The van der Waals surface area contributed by atoms with E-state index >= 15 is 0 Å². The van der Waals surface area contributed by atoms with Crippen molar-refractivity contribution in [3.63, 3.8) is 0 Å². The maximum absolute atomic E-state index is 12.3. The van der Waals surface area contributed by atoms with Crippen molar-refractivity contribution in [1.29, 1.82) is 0 Å². The normalized spacial score (nSPS) is 21.3. The minimum absolute atomic E-state index is 0.160. The van der Waals surface area contributed by atoms with Crippen LogP contribution in [0.15, 0.2) is 23.1 Å². The summed E-state index contributed by atoms with van der Waals surface area (Å²) < 4.78 is 23.3. The molecular formula is C15H20O3S. The Kier molecular flexibility index (Phi) is 4.31. The number of benzene rings is 1. The summed E-state index contributed by atoms with van der Waals surface area (Å²) >= 11 is 0. The van der Waals surface area contributed by atoms with Crippen molar-refractivity contribution in [2.45, 2.75) is 43.3 Å². The van der Waals surface area contributed by atoms with E-state index in [9.17, 15) is 4.21 Å². The number of hydrogen-bond donors (Lipinski definition) is 0. The lowest BCUT2D eigenvalue weighted by molar-refractivity contribution is -0.178. The molecule has 4 heteroatoms. The van der Waals surface area contributed by atoms with Gasteiger partial charge in [-0.3, -0.25) is 4.21 Å². The summed E-state index contributed by atoms with van der Waals surface area (Å²) in [7, 11) is -0.937. The van der Waals surface area contributed by atoms with Crippen molar-refractivity contribution in [1.82, 2.24) is 0 Å². The first-order valence-electron chi connectivity index (χ1n) is 7.06. The topological polar surface area (TPSA) is 35.5 Å². The molecule has 1 fully saturated rings. The molecule has 1 aromatic rings. The van der Waals surface area contributed by atoms with Gasteiger partial charge in [0.2, 0.25) is 0 Å². The second kappa shape index (κ2) is 6.16. The quantitative estimate of drug-likeness (QED) is 0.850.